The molecule has 4 rings (SSSR count). The lowest BCUT2D eigenvalue weighted by atomic mass is 9.87. The van der Waals surface area contributed by atoms with Crippen molar-refractivity contribution in [1.29, 1.82) is 0 Å². The Morgan fingerprint density at radius 1 is 1.34 bits per heavy atom. The van der Waals surface area contributed by atoms with Gasteiger partial charge in [0.25, 0.3) is 0 Å². The molecule has 2 unspecified atom stereocenters. The van der Waals surface area contributed by atoms with Gasteiger partial charge in [-0.15, -0.1) is 28.1 Å². The van der Waals surface area contributed by atoms with Gasteiger partial charge in [-0.1, -0.05) is 31.2 Å². The van der Waals surface area contributed by atoms with E-state index in [9.17, 15) is 9.59 Å². The number of aryl methyl sites for hydroxylation is 1. The number of likely N-dealkylation sites (tertiary alicyclic amines) is 1. The third-order valence-electron chi connectivity index (χ3n) is 6.49. The van der Waals surface area contributed by atoms with E-state index >= 15 is 0 Å². The van der Waals surface area contributed by atoms with E-state index in [0.29, 0.717) is 24.7 Å². The molecule has 1 fully saturated rings. The molecule has 1 aliphatic carbocycles. The molecule has 32 heavy (non-hydrogen) atoms. The first-order chi connectivity index (χ1) is 15.5. The highest BCUT2D eigenvalue weighted by Gasteiger charge is 2.31. The van der Waals surface area contributed by atoms with Crippen LogP contribution >= 0.6 is 23.1 Å². The molecule has 9 heteroatoms. The maximum absolute atomic E-state index is 12.8. The number of allylic oxidation sites excluding steroid dienone is 1. The number of thioether (sulfide) groups is 1. The molecule has 2 N–H and O–H groups in total. The number of piperidine rings is 1. The maximum atomic E-state index is 12.8. The Morgan fingerprint density at radius 3 is 2.94 bits per heavy atom. The molecule has 0 saturated carbocycles. The number of carbonyl (C=O) groups excluding carboxylic acids is 2. The van der Waals surface area contributed by atoms with E-state index in [1.807, 2.05) is 22.0 Å². The zero-order valence-electron chi connectivity index (χ0n) is 18.6. The second-order valence-electron chi connectivity index (χ2n) is 8.57. The van der Waals surface area contributed by atoms with E-state index in [2.05, 4.69) is 29.8 Å². The van der Waals surface area contributed by atoms with Gasteiger partial charge in [-0.3, -0.25) is 14.2 Å². The van der Waals surface area contributed by atoms with E-state index in [1.165, 1.54) is 35.0 Å². The SMILES string of the molecule is C=CCn1c(SCC(=O)N2CCCCC2C(N)=O)nnc1-c1cc2c(s1)CCC(CC)C2. The van der Waals surface area contributed by atoms with Crippen molar-refractivity contribution in [2.24, 2.45) is 11.7 Å². The molecule has 1 saturated heterocycles. The predicted octanol–water partition coefficient (Wildman–Crippen LogP) is 3.67. The highest BCUT2D eigenvalue weighted by molar-refractivity contribution is 7.99. The summed E-state index contributed by atoms with van der Waals surface area (Å²) in [5.41, 5.74) is 6.96. The number of amides is 2. The molecule has 0 aromatic carbocycles. The summed E-state index contributed by atoms with van der Waals surface area (Å²) in [6, 6.07) is 1.78. The highest BCUT2D eigenvalue weighted by atomic mass is 32.2. The number of carbonyl (C=O) groups is 2. The van der Waals surface area contributed by atoms with Crippen LogP contribution in [-0.2, 0) is 29.0 Å². The Kier molecular flexibility index (Phi) is 7.35. The van der Waals surface area contributed by atoms with Crippen LogP contribution in [0.25, 0.3) is 10.7 Å². The number of rotatable bonds is 8. The molecule has 7 nitrogen and oxygen atoms in total. The van der Waals surface area contributed by atoms with E-state index in [1.54, 1.807) is 4.90 Å². The van der Waals surface area contributed by atoms with E-state index in [-0.39, 0.29) is 11.7 Å². The number of nitrogens with zero attached hydrogens (tertiary/aromatic N) is 4. The van der Waals surface area contributed by atoms with Crippen molar-refractivity contribution in [3.8, 4) is 10.7 Å². The minimum atomic E-state index is -0.497. The molecule has 0 radical (unpaired) electrons. The zero-order valence-corrected chi connectivity index (χ0v) is 20.2. The summed E-state index contributed by atoms with van der Waals surface area (Å²) in [5.74, 6) is 1.31. The predicted molar refractivity (Wildman–Crippen MR) is 129 cm³/mol. The van der Waals surface area contributed by atoms with Crippen LogP contribution in [0.2, 0.25) is 0 Å². The standard InChI is InChI=1S/C23H31N5O2S2/c1-3-10-28-22(19-13-16-12-15(4-2)8-9-18(16)32-19)25-26-23(28)31-14-20(29)27-11-6-5-7-17(27)21(24)30/h3,13,15,17H,1,4-12,14H2,2H3,(H2,24,30). The number of nitrogens with two attached hydrogens (primary N) is 1. The van der Waals surface area contributed by atoms with E-state index in [4.69, 9.17) is 5.73 Å². The summed E-state index contributed by atoms with van der Waals surface area (Å²) < 4.78 is 2.03. The molecule has 0 spiro atoms. The first kappa shape index (κ1) is 23.0. The van der Waals surface area contributed by atoms with Gasteiger partial charge in [-0.2, -0.15) is 0 Å². The average Bonchev–Trinajstić information content (AvgIpc) is 3.40. The van der Waals surface area contributed by atoms with Crippen LogP contribution in [0.15, 0.2) is 23.9 Å². The van der Waals surface area contributed by atoms with Gasteiger partial charge in [0.15, 0.2) is 11.0 Å². The Balaban J connectivity index is 1.50. The van der Waals surface area contributed by atoms with Crippen LogP contribution in [0.5, 0.6) is 0 Å². The Hall–Kier alpha value is -2.13. The molecule has 2 aromatic heterocycles. The minimum Gasteiger partial charge on any atom is -0.368 e. The van der Waals surface area contributed by atoms with Gasteiger partial charge in [0.1, 0.15) is 6.04 Å². The first-order valence-electron chi connectivity index (χ1n) is 11.4. The van der Waals surface area contributed by atoms with Gasteiger partial charge >= 0.3 is 0 Å². The number of hydrogen-bond acceptors (Lipinski definition) is 6. The Morgan fingerprint density at radius 2 is 2.19 bits per heavy atom. The van der Waals surface area contributed by atoms with Crippen molar-refractivity contribution in [3.05, 3.63) is 29.2 Å². The summed E-state index contributed by atoms with van der Waals surface area (Å²) in [6.07, 6.45) is 9.06. The number of aromatic nitrogens is 3. The topological polar surface area (TPSA) is 94.1 Å². The Bertz CT molecular complexity index is 999. The minimum absolute atomic E-state index is 0.0783. The van der Waals surface area contributed by atoms with Crippen LogP contribution in [0.4, 0.5) is 0 Å². The average molecular weight is 474 g/mol. The quantitative estimate of drug-likeness (QED) is 0.466. The summed E-state index contributed by atoms with van der Waals surface area (Å²) in [4.78, 5) is 28.8. The normalized spacial score (nSPS) is 20.7. The molecule has 1 aliphatic heterocycles. The van der Waals surface area contributed by atoms with Crippen molar-refractivity contribution in [2.75, 3.05) is 12.3 Å². The molecule has 172 valence electrons. The van der Waals surface area contributed by atoms with Gasteiger partial charge in [-0.05, 0) is 56.1 Å². The van der Waals surface area contributed by atoms with Crippen molar-refractivity contribution in [2.45, 2.75) is 69.6 Å². The fourth-order valence-electron chi connectivity index (χ4n) is 4.66. The second-order valence-corrected chi connectivity index (χ2v) is 10.7. The van der Waals surface area contributed by atoms with Crippen LogP contribution in [0.3, 0.4) is 0 Å². The lowest BCUT2D eigenvalue weighted by Gasteiger charge is -2.33. The first-order valence-corrected chi connectivity index (χ1v) is 13.2. The number of primary amides is 1. The second kappa shape index (κ2) is 10.2. The zero-order chi connectivity index (χ0) is 22.7. The molecule has 2 aliphatic rings. The van der Waals surface area contributed by atoms with Crippen molar-refractivity contribution in [1.82, 2.24) is 19.7 Å². The summed E-state index contributed by atoms with van der Waals surface area (Å²) in [5, 5.41) is 9.56. The Labute approximate surface area is 197 Å². The number of hydrogen-bond donors (Lipinski definition) is 1. The van der Waals surface area contributed by atoms with E-state index in [0.717, 1.165) is 42.3 Å². The number of fused-ring (bicyclic) bond motifs is 1. The summed E-state index contributed by atoms with van der Waals surface area (Å²) in [6.45, 7) is 7.31. The smallest absolute Gasteiger partial charge is 0.240 e. The van der Waals surface area contributed by atoms with Gasteiger partial charge in [-0.25, -0.2) is 0 Å². The lowest BCUT2D eigenvalue weighted by molar-refractivity contribution is -0.138. The molecule has 3 heterocycles. The van der Waals surface area contributed by atoms with Crippen LogP contribution < -0.4 is 5.73 Å². The molecule has 2 aromatic rings. The molecular formula is C23H31N5O2S2. The summed E-state index contributed by atoms with van der Waals surface area (Å²) in [7, 11) is 0. The fourth-order valence-corrected chi connectivity index (χ4v) is 6.70. The highest BCUT2D eigenvalue weighted by Crippen LogP contribution is 2.38. The molecular weight excluding hydrogens is 442 g/mol. The van der Waals surface area contributed by atoms with Gasteiger partial charge < -0.3 is 10.6 Å². The fraction of sp³-hybridized carbons (Fsp3) is 0.565. The molecule has 0 bridgehead atoms. The van der Waals surface area contributed by atoms with Crippen molar-refractivity contribution in [3.63, 3.8) is 0 Å². The maximum Gasteiger partial charge on any atom is 0.240 e. The van der Waals surface area contributed by atoms with Crippen LogP contribution in [0, 0.1) is 5.92 Å². The third-order valence-corrected chi connectivity index (χ3v) is 8.67. The third kappa shape index (κ3) is 4.78. The van der Waals surface area contributed by atoms with E-state index < -0.39 is 11.9 Å². The largest absolute Gasteiger partial charge is 0.368 e. The lowest BCUT2D eigenvalue weighted by Crippen LogP contribution is -2.51. The van der Waals surface area contributed by atoms with Crippen molar-refractivity contribution >= 4 is 34.9 Å². The van der Waals surface area contributed by atoms with Crippen molar-refractivity contribution < 1.29 is 9.59 Å². The van der Waals surface area contributed by atoms with Gasteiger partial charge in [0.2, 0.25) is 11.8 Å². The molecule has 2 atom stereocenters. The monoisotopic (exact) mass is 473 g/mol. The van der Waals surface area contributed by atoms with Gasteiger partial charge in [0, 0.05) is 18.0 Å². The van der Waals surface area contributed by atoms with Crippen LogP contribution in [0.1, 0.15) is 49.5 Å². The summed E-state index contributed by atoms with van der Waals surface area (Å²) >= 11 is 3.17. The number of thiophene rings is 1. The van der Waals surface area contributed by atoms with Gasteiger partial charge in [0.05, 0.1) is 10.6 Å². The molecule has 2 amide bonds. The van der Waals surface area contributed by atoms with Crippen LogP contribution in [-0.4, -0.2) is 49.8 Å².